The van der Waals surface area contributed by atoms with Crippen LogP contribution in [0.3, 0.4) is 0 Å². The number of benzene rings is 1. The van der Waals surface area contributed by atoms with Crippen LogP contribution in [0.15, 0.2) is 34.7 Å². The van der Waals surface area contributed by atoms with Gasteiger partial charge >= 0.3 is 0 Å². The second-order valence-electron chi connectivity index (χ2n) is 4.57. The van der Waals surface area contributed by atoms with E-state index in [9.17, 15) is 0 Å². The third kappa shape index (κ3) is 7.77. The summed E-state index contributed by atoms with van der Waals surface area (Å²) >= 11 is 12.0. The van der Waals surface area contributed by atoms with Crippen molar-refractivity contribution in [1.29, 1.82) is 0 Å². The van der Waals surface area contributed by atoms with E-state index in [0.717, 1.165) is 30.2 Å². The maximum absolute atomic E-state index is 8.63. The molecule has 0 unspecified atom stereocenters. The molecule has 0 aliphatic carbocycles. The maximum Gasteiger partial charge on any atom is 0.134 e. The van der Waals surface area contributed by atoms with E-state index in [1.54, 1.807) is 6.07 Å². The van der Waals surface area contributed by atoms with Gasteiger partial charge in [0.2, 0.25) is 0 Å². The second kappa shape index (κ2) is 12.0. The summed E-state index contributed by atoms with van der Waals surface area (Å²) < 4.78 is 5.77. The van der Waals surface area contributed by atoms with Gasteiger partial charge in [0.05, 0.1) is 13.2 Å². The first kappa shape index (κ1) is 22.5. The molecule has 0 saturated heterocycles. The number of furan rings is 1. The van der Waals surface area contributed by atoms with Crippen molar-refractivity contribution in [2.75, 3.05) is 26.2 Å². The molecule has 0 spiro atoms. The van der Waals surface area contributed by atoms with Crippen LogP contribution < -0.4 is 10.6 Å². The van der Waals surface area contributed by atoms with Crippen molar-refractivity contribution in [2.45, 2.75) is 6.54 Å². The zero-order valence-corrected chi connectivity index (χ0v) is 15.5. The lowest BCUT2D eigenvalue weighted by atomic mass is 10.2. The number of hydrogen-bond acceptors (Lipinski definition) is 4. The van der Waals surface area contributed by atoms with Gasteiger partial charge in [-0.2, -0.15) is 0 Å². The van der Waals surface area contributed by atoms with Gasteiger partial charge in [-0.1, -0.05) is 23.2 Å². The summed E-state index contributed by atoms with van der Waals surface area (Å²) in [6.45, 7) is 3.03. The average molecular weight is 402 g/mol. The summed E-state index contributed by atoms with van der Waals surface area (Å²) in [5, 5.41) is 16.2. The van der Waals surface area contributed by atoms with Crippen molar-refractivity contribution in [3.8, 4) is 11.3 Å². The molecule has 0 aliphatic heterocycles. The summed E-state index contributed by atoms with van der Waals surface area (Å²) in [6.07, 6.45) is 0. The number of hydrogen-bond donors (Lipinski definition) is 3. The van der Waals surface area contributed by atoms with Gasteiger partial charge in [0, 0.05) is 35.2 Å². The van der Waals surface area contributed by atoms with Crippen LogP contribution in [-0.4, -0.2) is 31.3 Å². The first-order valence-electron chi connectivity index (χ1n) is 6.76. The Morgan fingerprint density at radius 3 is 2.22 bits per heavy atom. The molecule has 0 aliphatic rings. The van der Waals surface area contributed by atoms with E-state index in [1.807, 2.05) is 24.3 Å². The Bertz CT molecular complexity index is 558. The first-order chi connectivity index (χ1) is 10.2. The van der Waals surface area contributed by atoms with Gasteiger partial charge in [-0.15, -0.1) is 24.8 Å². The molecule has 3 N–H and O–H groups in total. The molecule has 8 heteroatoms. The van der Waals surface area contributed by atoms with Gasteiger partial charge in [-0.3, -0.25) is 0 Å². The van der Waals surface area contributed by atoms with Crippen LogP contribution in [0.25, 0.3) is 11.3 Å². The number of aliphatic hydroxyl groups is 1. The Kier molecular flexibility index (Phi) is 11.7. The lowest BCUT2D eigenvalue weighted by Crippen LogP contribution is -2.28. The molecular weight excluding hydrogens is 382 g/mol. The fourth-order valence-corrected chi connectivity index (χ4v) is 2.44. The quantitative estimate of drug-likeness (QED) is 0.589. The van der Waals surface area contributed by atoms with Crippen molar-refractivity contribution in [1.82, 2.24) is 10.6 Å². The molecule has 2 aromatic rings. The van der Waals surface area contributed by atoms with Crippen molar-refractivity contribution < 1.29 is 9.52 Å². The highest BCUT2D eigenvalue weighted by atomic mass is 35.5. The van der Waals surface area contributed by atoms with Gasteiger partial charge in [-0.05, 0) is 30.3 Å². The summed E-state index contributed by atoms with van der Waals surface area (Å²) in [7, 11) is 0. The van der Waals surface area contributed by atoms with E-state index < -0.39 is 0 Å². The Balaban J connectivity index is 0.00000242. The minimum absolute atomic E-state index is 0. The fraction of sp³-hybridized carbons (Fsp3) is 0.333. The largest absolute Gasteiger partial charge is 0.460 e. The van der Waals surface area contributed by atoms with E-state index in [2.05, 4.69) is 10.6 Å². The van der Waals surface area contributed by atoms with Crippen molar-refractivity contribution in [3.63, 3.8) is 0 Å². The summed E-state index contributed by atoms with van der Waals surface area (Å²) in [5.74, 6) is 1.60. The highest BCUT2D eigenvalue weighted by molar-refractivity contribution is 6.35. The molecule has 4 nitrogen and oxygen atoms in total. The Labute approximate surface area is 158 Å². The zero-order chi connectivity index (χ0) is 15.1. The number of rotatable bonds is 8. The normalized spacial score (nSPS) is 10.0. The van der Waals surface area contributed by atoms with Crippen LogP contribution in [0, 0.1) is 0 Å². The molecule has 1 aromatic heterocycles. The third-order valence-corrected chi connectivity index (χ3v) is 3.31. The molecule has 0 fully saturated rings. The zero-order valence-electron chi connectivity index (χ0n) is 12.4. The number of aliphatic hydroxyl groups excluding tert-OH is 1. The first-order valence-corrected chi connectivity index (χ1v) is 7.52. The van der Waals surface area contributed by atoms with Gasteiger partial charge in [0.25, 0.3) is 0 Å². The van der Waals surface area contributed by atoms with E-state index in [0.29, 0.717) is 23.1 Å². The van der Waals surface area contributed by atoms with Gasteiger partial charge in [0.15, 0.2) is 0 Å². The smallest absolute Gasteiger partial charge is 0.134 e. The molecule has 0 radical (unpaired) electrons. The molecule has 23 heavy (non-hydrogen) atoms. The van der Waals surface area contributed by atoms with Crippen LogP contribution >= 0.6 is 48.0 Å². The Morgan fingerprint density at radius 2 is 1.57 bits per heavy atom. The molecule has 130 valence electrons. The predicted octanol–water partition coefficient (Wildman–Crippen LogP) is 3.77. The molecule has 0 bridgehead atoms. The van der Waals surface area contributed by atoms with Gasteiger partial charge in [-0.25, -0.2) is 0 Å². The van der Waals surface area contributed by atoms with Crippen LogP contribution in [0.2, 0.25) is 10.0 Å². The fourth-order valence-electron chi connectivity index (χ4n) is 1.92. The topological polar surface area (TPSA) is 57.4 Å². The van der Waals surface area contributed by atoms with E-state index >= 15 is 0 Å². The minimum atomic E-state index is 0. The minimum Gasteiger partial charge on any atom is -0.460 e. The van der Waals surface area contributed by atoms with Crippen LogP contribution in [0.1, 0.15) is 5.76 Å². The van der Waals surface area contributed by atoms with E-state index in [1.165, 1.54) is 0 Å². The Hall–Kier alpha value is -0.460. The van der Waals surface area contributed by atoms with E-state index in [-0.39, 0.29) is 31.4 Å². The van der Waals surface area contributed by atoms with Gasteiger partial charge in [0.1, 0.15) is 11.5 Å². The lowest BCUT2D eigenvalue weighted by Gasteiger charge is -2.04. The molecule has 1 aromatic carbocycles. The summed E-state index contributed by atoms with van der Waals surface area (Å²) in [4.78, 5) is 0. The highest BCUT2D eigenvalue weighted by Gasteiger charge is 2.06. The third-order valence-electron chi connectivity index (χ3n) is 2.88. The molecule has 0 amide bonds. The highest BCUT2D eigenvalue weighted by Crippen LogP contribution is 2.28. The molecule has 0 saturated carbocycles. The average Bonchev–Trinajstić information content (AvgIpc) is 2.90. The molecule has 0 atom stereocenters. The standard InChI is InChI=1S/C15H18Cl2N2O2.2ClH/c16-12-7-11(8-13(17)9-12)15-2-1-14(21-15)10-19-4-3-18-5-6-20;;/h1-2,7-9,18-20H,3-6,10H2;2*1H. The predicted molar refractivity (Wildman–Crippen MR) is 100 cm³/mol. The van der Waals surface area contributed by atoms with Gasteiger partial charge < -0.3 is 20.2 Å². The monoisotopic (exact) mass is 400 g/mol. The SMILES string of the molecule is Cl.Cl.OCCNCCNCc1ccc(-c2cc(Cl)cc(Cl)c2)o1. The number of nitrogens with one attached hydrogen (secondary N) is 2. The molecule has 1 heterocycles. The molecule has 2 rings (SSSR count). The van der Waals surface area contributed by atoms with Crippen molar-refractivity contribution >= 4 is 48.0 Å². The summed E-state index contributed by atoms with van der Waals surface area (Å²) in [6, 6.07) is 9.17. The lowest BCUT2D eigenvalue weighted by molar-refractivity contribution is 0.292. The molecular formula is C15H20Cl4N2O2. The summed E-state index contributed by atoms with van der Waals surface area (Å²) in [5.41, 5.74) is 0.864. The van der Waals surface area contributed by atoms with Crippen LogP contribution in [0.5, 0.6) is 0 Å². The Morgan fingerprint density at radius 1 is 0.913 bits per heavy atom. The van der Waals surface area contributed by atoms with Crippen molar-refractivity contribution in [2.24, 2.45) is 0 Å². The number of halogens is 4. The van der Waals surface area contributed by atoms with Crippen molar-refractivity contribution in [3.05, 3.63) is 46.1 Å². The maximum atomic E-state index is 8.63. The second-order valence-corrected chi connectivity index (χ2v) is 5.45. The van der Waals surface area contributed by atoms with Crippen LogP contribution in [0.4, 0.5) is 0 Å². The van der Waals surface area contributed by atoms with Crippen LogP contribution in [-0.2, 0) is 6.54 Å². The van der Waals surface area contributed by atoms with E-state index in [4.69, 9.17) is 32.7 Å².